The normalized spacial score (nSPS) is 11.3. The van der Waals surface area contributed by atoms with Gasteiger partial charge in [0, 0.05) is 11.9 Å². The standard InChI is InChI=1S/C18H15N3S/c1-12-6-7-15(19-10-12)11-22-18-20-16-8-13-4-2-3-5-14(13)9-17(16)21-18/h2-10H,11H2,1H3,(H,20,21). The number of nitrogens with zero attached hydrogens (tertiary/aromatic N) is 2. The van der Waals surface area contributed by atoms with E-state index >= 15 is 0 Å². The molecule has 2 heterocycles. The van der Waals surface area contributed by atoms with E-state index in [-0.39, 0.29) is 0 Å². The SMILES string of the molecule is Cc1ccc(CSc2nc3cc4ccccc4cc3[nH]2)nc1. The van der Waals surface area contributed by atoms with Crippen molar-refractivity contribution in [3.63, 3.8) is 0 Å². The Morgan fingerprint density at radius 3 is 2.64 bits per heavy atom. The molecule has 0 radical (unpaired) electrons. The fourth-order valence-corrected chi connectivity index (χ4v) is 3.27. The van der Waals surface area contributed by atoms with Gasteiger partial charge in [-0.2, -0.15) is 0 Å². The summed E-state index contributed by atoms with van der Waals surface area (Å²) in [5, 5.41) is 3.39. The third-order valence-corrected chi connectivity index (χ3v) is 4.56. The van der Waals surface area contributed by atoms with Gasteiger partial charge in [0.1, 0.15) is 0 Å². The molecule has 2 aromatic heterocycles. The van der Waals surface area contributed by atoms with Crippen LogP contribution in [-0.4, -0.2) is 15.0 Å². The van der Waals surface area contributed by atoms with E-state index in [0.29, 0.717) is 0 Å². The van der Waals surface area contributed by atoms with Crippen LogP contribution in [0.4, 0.5) is 0 Å². The summed E-state index contributed by atoms with van der Waals surface area (Å²) in [5.41, 5.74) is 4.35. The Labute approximate surface area is 132 Å². The lowest BCUT2D eigenvalue weighted by molar-refractivity contribution is 1.07. The zero-order valence-corrected chi connectivity index (χ0v) is 13.0. The lowest BCUT2D eigenvalue weighted by Gasteiger charge is -1.98. The highest BCUT2D eigenvalue weighted by molar-refractivity contribution is 7.98. The largest absolute Gasteiger partial charge is 0.333 e. The summed E-state index contributed by atoms with van der Waals surface area (Å²) in [6.07, 6.45) is 1.90. The first-order chi connectivity index (χ1) is 10.8. The van der Waals surface area contributed by atoms with Gasteiger partial charge in [0.25, 0.3) is 0 Å². The van der Waals surface area contributed by atoms with Gasteiger partial charge in [-0.05, 0) is 41.5 Å². The topological polar surface area (TPSA) is 41.6 Å². The second-order valence-corrected chi connectivity index (χ2v) is 6.34. The van der Waals surface area contributed by atoms with Crippen LogP contribution in [0.3, 0.4) is 0 Å². The van der Waals surface area contributed by atoms with Crippen LogP contribution in [0.25, 0.3) is 21.8 Å². The first kappa shape index (κ1) is 13.3. The van der Waals surface area contributed by atoms with Crippen molar-refractivity contribution in [1.82, 2.24) is 15.0 Å². The number of hydrogen-bond donors (Lipinski definition) is 1. The van der Waals surface area contributed by atoms with E-state index in [1.54, 1.807) is 11.8 Å². The molecule has 0 spiro atoms. The molecule has 0 aliphatic rings. The van der Waals surface area contributed by atoms with Crippen LogP contribution < -0.4 is 0 Å². The highest BCUT2D eigenvalue weighted by Crippen LogP contribution is 2.25. The van der Waals surface area contributed by atoms with Gasteiger partial charge in [-0.15, -0.1) is 0 Å². The molecule has 22 heavy (non-hydrogen) atoms. The maximum absolute atomic E-state index is 4.68. The molecule has 108 valence electrons. The highest BCUT2D eigenvalue weighted by atomic mass is 32.2. The van der Waals surface area contributed by atoms with Gasteiger partial charge in [0.15, 0.2) is 5.16 Å². The van der Waals surface area contributed by atoms with Gasteiger partial charge in [-0.1, -0.05) is 42.1 Å². The lowest BCUT2D eigenvalue weighted by atomic mass is 10.1. The number of aromatic nitrogens is 3. The number of fused-ring (bicyclic) bond motifs is 2. The predicted octanol–water partition coefficient (Wildman–Crippen LogP) is 4.71. The number of nitrogens with one attached hydrogen (secondary N) is 1. The Morgan fingerprint density at radius 1 is 1.05 bits per heavy atom. The van der Waals surface area contributed by atoms with Crippen molar-refractivity contribution in [3.05, 3.63) is 66.0 Å². The number of aromatic amines is 1. The van der Waals surface area contributed by atoms with E-state index in [4.69, 9.17) is 0 Å². The van der Waals surface area contributed by atoms with E-state index < -0.39 is 0 Å². The molecule has 0 fully saturated rings. The summed E-state index contributed by atoms with van der Waals surface area (Å²) < 4.78 is 0. The molecule has 0 aliphatic heterocycles. The van der Waals surface area contributed by atoms with Crippen LogP contribution in [0, 0.1) is 6.92 Å². The van der Waals surface area contributed by atoms with E-state index in [0.717, 1.165) is 27.6 Å². The Balaban J connectivity index is 1.61. The molecular formula is C18H15N3S. The van der Waals surface area contributed by atoms with Crippen molar-refractivity contribution in [3.8, 4) is 0 Å². The van der Waals surface area contributed by atoms with Gasteiger partial charge < -0.3 is 4.98 Å². The van der Waals surface area contributed by atoms with Gasteiger partial charge in [-0.25, -0.2) is 4.98 Å². The molecule has 1 N–H and O–H groups in total. The number of H-pyrrole nitrogens is 1. The van der Waals surface area contributed by atoms with Gasteiger partial charge in [0.05, 0.1) is 16.7 Å². The van der Waals surface area contributed by atoms with Crippen LogP contribution in [-0.2, 0) is 5.75 Å². The molecule has 4 heteroatoms. The second kappa shape index (κ2) is 5.46. The van der Waals surface area contributed by atoms with Crippen molar-refractivity contribution >= 4 is 33.6 Å². The maximum atomic E-state index is 4.68. The van der Waals surface area contributed by atoms with Crippen molar-refractivity contribution in [1.29, 1.82) is 0 Å². The number of thioether (sulfide) groups is 1. The molecule has 0 atom stereocenters. The molecule has 0 amide bonds. The monoisotopic (exact) mass is 305 g/mol. The zero-order valence-electron chi connectivity index (χ0n) is 12.2. The molecule has 0 bridgehead atoms. The maximum Gasteiger partial charge on any atom is 0.166 e. The van der Waals surface area contributed by atoms with E-state index in [1.807, 2.05) is 13.1 Å². The van der Waals surface area contributed by atoms with Crippen molar-refractivity contribution in [2.45, 2.75) is 17.8 Å². The minimum atomic E-state index is 0.819. The summed E-state index contributed by atoms with van der Waals surface area (Å²) in [6.45, 7) is 2.05. The predicted molar refractivity (Wildman–Crippen MR) is 92.1 cm³/mol. The molecule has 3 nitrogen and oxygen atoms in total. The van der Waals surface area contributed by atoms with Crippen molar-refractivity contribution in [2.75, 3.05) is 0 Å². The third-order valence-electron chi connectivity index (χ3n) is 3.66. The molecule has 0 unspecified atom stereocenters. The van der Waals surface area contributed by atoms with Gasteiger partial charge in [-0.3, -0.25) is 4.98 Å². The number of rotatable bonds is 3. The number of pyridine rings is 1. The lowest BCUT2D eigenvalue weighted by Crippen LogP contribution is -1.87. The second-order valence-electron chi connectivity index (χ2n) is 5.37. The number of imidazole rings is 1. The molecule has 2 aromatic carbocycles. The molecular weight excluding hydrogens is 290 g/mol. The van der Waals surface area contributed by atoms with E-state index in [9.17, 15) is 0 Å². The number of aryl methyl sites for hydroxylation is 1. The van der Waals surface area contributed by atoms with E-state index in [2.05, 4.69) is 63.5 Å². The first-order valence-electron chi connectivity index (χ1n) is 7.21. The fraction of sp³-hybridized carbons (Fsp3) is 0.111. The van der Waals surface area contributed by atoms with Crippen LogP contribution in [0.1, 0.15) is 11.3 Å². The summed E-state index contributed by atoms with van der Waals surface area (Å²) in [7, 11) is 0. The third kappa shape index (κ3) is 2.57. The summed E-state index contributed by atoms with van der Waals surface area (Å²) in [4.78, 5) is 12.5. The minimum Gasteiger partial charge on any atom is -0.333 e. The Morgan fingerprint density at radius 2 is 1.86 bits per heavy atom. The Kier molecular flexibility index (Phi) is 3.31. The van der Waals surface area contributed by atoms with Crippen LogP contribution in [0.2, 0.25) is 0 Å². The average molecular weight is 305 g/mol. The molecule has 0 saturated heterocycles. The molecule has 0 saturated carbocycles. The zero-order chi connectivity index (χ0) is 14.9. The number of hydrogen-bond acceptors (Lipinski definition) is 3. The average Bonchev–Trinajstić information content (AvgIpc) is 2.93. The summed E-state index contributed by atoms with van der Waals surface area (Å²) >= 11 is 1.68. The summed E-state index contributed by atoms with van der Waals surface area (Å²) in [6, 6.07) is 16.8. The van der Waals surface area contributed by atoms with Crippen molar-refractivity contribution < 1.29 is 0 Å². The molecule has 0 aliphatic carbocycles. The Hall–Kier alpha value is -2.33. The molecule has 4 rings (SSSR count). The molecule has 4 aromatic rings. The van der Waals surface area contributed by atoms with Crippen LogP contribution in [0.15, 0.2) is 59.9 Å². The van der Waals surface area contributed by atoms with Crippen LogP contribution >= 0.6 is 11.8 Å². The Bertz CT molecular complexity index is 889. The van der Waals surface area contributed by atoms with Crippen molar-refractivity contribution in [2.24, 2.45) is 0 Å². The first-order valence-corrected chi connectivity index (χ1v) is 8.19. The van der Waals surface area contributed by atoms with E-state index in [1.165, 1.54) is 16.3 Å². The van der Waals surface area contributed by atoms with Crippen LogP contribution in [0.5, 0.6) is 0 Å². The highest BCUT2D eigenvalue weighted by Gasteiger charge is 2.06. The van der Waals surface area contributed by atoms with Gasteiger partial charge >= 0.3 is 0 Å². The smallest absolute Gasteiger partial charge is 0.166 e. The number of benzene rings is 2. The quantitative estimate of drug-likeness (QED) is 0.557. The fourth-order valence-electron chi connectivity index (χ4n) is 2.47. The minimum absolute atomic E-state index is 0.819. The van der Waals surface area contributed by atoms with Gasteiger partial charge in [0.2, 0.25) is 0 Å². The summed E-state index contributed by atoms with van der Waals surface area (Å²) in [5.74, 6) is 0.819.